The number of rotatable bonds is 8. The normalized spacial score (nSPS) is 15.8. The zero-order valence-electron chi connectivity index (χ0n) is 20.8. The van der Waals surface area contributed by atoms with E-state index in [1.807, 2.05) is 23.1 Å². The molecule has 5 rings (SSSR count). The molecule has 1 fully saturated rings. The molecule has 1 aliphatic rings. The number of hydrogen-bond acceptors (Lipinski definition) is 3. The molecular formula is C30H33N3O2. The number of fused-ring (bicyclic) bond motifs is 1. The lowest BCUT2D eigenvalue weighted by molar-refractivity contribution is -0.117. The van der Waals surface area contributed by atoms with Gasteiger partial charge in [-0.05, 0) is 75.1 Å². The number of ether oxygens (including phenoxy) is 1. The minimum Gasteiger partial charge on any atom is -0.493 e. The maximum Gasteiger partial charge on any atom is 0.227 e. The Hall–Kier alpha value is -3.60. The van der Waals surface area contributed by atoms with Crippen molar-refractivity contribution in [2.75, 3.05) is 18.1 Å². The van der Waals surface area contributed by atoms with Gasteiger partial charge < -0.3 is 14.2 Å². The molecule has 3 aromatic carbocycles. The second-order valence-corrected chi connectivity index (χ2v) is 9.68. The van der Waals surface area contributed by atoms with Gasteiger partial charge in [0.1, 0.15) is 11.6 Å². The summed E-state index contributed by atoms with van der Waals surface area (Å²) in [6, 6.07) is 22.8. The standard InChI is InChI=1S/C30H33N3O2/c1-21-9-8-10-25(18-21)33-20-24(19-29(33)34)30-31-26-11-4-5-12-27(26)32(30)15-6-7-16-35-28-14-13-22(2)17-23(28)3/h4-5,8-14,17-18,24H,6-7,15-16,19-20H2,1-3H3. The van der Waals surface area contributed by atoms with Gasteiger partial charge in [-0.3, -0.25) is 4.79 Å². The number of para-hydroxylation sites is 2. The lowest BCUT2D eigenvalue weighted by Crippen LogP contribution is -2.24. The highest BCUT2D eigenvalue weighted by Gasteiger charge is 2.34. The monoisotopic (exact) mass is 467 g/mol. The van der Waals surface area contributed by atoms with E-state index in [1.54, 1.807) is 0 Å². The summed E-state index contributed by atoms with van der Waals surface area (Å²) in [5.41, 5.74) is 6.70. The molecule has 0 aliphatic carbocycles. The Labute approximate surface area is 207 Å². The second kappa shape index (κ2) is 9.95. The Morgan fingerprint density at radius 2 is 1.77 bits per heavy atom. The Morgan fingerprint density at radius 1 is 0.943 bits per heavy atom. The minimum atomic E-state index is 0.0851. The van der Waals surface area contributed by atoms with Crippen molar-refractivity contribution in [3.8, 4) is 5.75 Å². The van der Waals surface area contributed by atoms with Crippen molar-refractivity contribution in [1.29, 1.82) is 0 Å². The molecular weight excluding hydrogens is 434 g/mol. The predicted molar refractivity (Wildman–Crippen MR) is 141 cm³/mol. The molecule has 0 bridgehead atoms. The summed E-state index contributed by atoms with van der Waals surface area (Å²) in [6.45, 7) is 8.47. The first-order chi connectivity index (χ1) is 17.0. The highest BCUT2D eigenvalue weighted by molar-refractivity contribution is 5.96. The molecule has 0 spiro atoms. The molecule has 35 heavy (non-hydrogen) atoms. The summed E-state index contributed by atoms with van der Waals surface area (Å²) in [5, 5.41) is 0. The van der Waals surface area contributed by atoms with Crippen LogP contribution in [0.3, 0.4) is 0 Å². The quantitative estimate of drug-likeness (QED) is 0.284. The fourth-order valence-electron chi connectivity index (χ4n) is 5.08. The van der Waals surface area contributed by atoms with Gasteiger partial charge in [0, 0.05) is 31.1 Å². The number of hydrogen-bond donors (Lipinski definition) is 0. The molecule has 1 atom stereocenters. The molecule has 1 unspecified atom stereocenters. The number of amides is 1. The van der Waals surface area contributed by atoms with Crippen LogP contribution >= 0.6 is 0 Å². The van der Waals surface area contributed by atoms with Crippen LogP contribution in [0.25, 0.3) is 11.0 Å². The summed E-state index contributed by atoms with van der Waals surface area (Å²) < 4.78 is 8.36. The summed E-state index contributed by atoms with van der Waals surface area (Å²) in [6.07, 6.45) is 2.44. The van der Waals surface area contributed by atoms with E-state index in [1.165, 1.54) is 11.1 Å². The number of carbonyl (C=O) groups excluding carboxylic acids is 1. The highest BCUT2D eigenvalue weighted by atomic mass is 16.5. The highest BCUT2D eigenvalue weighted by Crippen LogP contribution is 2.33. The fraction of sp³-hybridized carbons (Fsp3) is 0.333. The molecule has 4 aromatic rings. The lowest BCUT2D eigenvalue weighted by atomic mass is 10.1. The van der Waals surface area contributed by atoms with E-state index in [0.717, 1.165) is 53.2 Å². The molecule has 180 valence electrons. The van der Waals surface area contributed by atoms with E-state index in [0.29, 0.717) is 19.6 Å². The summed E-state index contributed by atoms with van der Waals surface area (Å²) >= 11 is 0. The van der Waals surface area contributed by atoms with Gasteiger partial charge in [0.2, 0.25) is 5.91 Å². The van der Waals surface area contributed by atoms with Crippen molar-refractivity contribution in [3.63, 3.8) is 0 Å². The van der Waals surface area contributed by atoms with Gasteiger partial charge in [0.25, 0.3) is 0 Å². The number of nitrogens with zero attached hydrogens (tertiary/aromatic N) is 3. The van der Waals surface area contributed by atoms with Crippen LogP contribution < -0.4 is 9.64 Å². The molecule has 1 amide bonds. The SMILES string of the molecule is Cc1cccc(N2CC(c3nc4ccccc4n3CCCCOc3ccc(C)cc3C)CC2=O)c1. The molecule has 5 nitrogen and oxygen atoms in total. The van der Waals surface area contributed by atoms with E-state index in [2.05, 4.69) is 73.9 Å². The number of imidazole rings is 1. The smallest absolute Gasteiger partial charge is 0.227 e. The first-order valence-electron chi connectivity index (χ1n) is 12.5. The first-order valence-corrected chi connectivity index (χ1v) is 12.5. The molecule has 1 aliphatic heterocycles. The molecule has 0 N–H and O–H groups in total. The van der Waals surface area contributed by atoms with E-state index in [4.69, 9.17) is 9.72 Å². The Kier molecular flexibility index (Phi) is 6.58. The largest absolute Gasteiger partial charge is 0.493 e. The van der Waals surface area contributed by atoms with Gasteiger partial charge >= 0.3 is 0 Å². The number of unbranched alkanes of at least 4 members (excludes halogenated alkanes) is 1. The third kappa shape index (κ3) is 4.95. The van der Waals surface area contributed by atoms with Crippen LogP contribution in [0.2, 0.25) is 0 Å². The molecule has 1 saturated heterocycles. The number of benzene rings is 3. The average molecular weight is 468 g/mol. The van der Waals surface area contributed by atoms with E-state index >= 15 is 0 Å². The third-order valence-electron chi connectivity index (χ3n) is 6.85. The summed E-state index contributed by atoms with van der Waals surface area (Å²) in [4.78, 5) is 19.9. The van der Waals surface area contributed by atoms with E-state index < -0.39 is 0 Å². The zero-order valence-corrected chi connectivity index (χ0v) is 20.8. The Bertz CT molecular complexity index is 1360. The topological polar surface area (TPSA) is 47.4 Å². The van der Waals surface area contributed by atoms with Crippen LogP contribution in [-0.4, -0.2) is 28.6 Å². The van der Waals surface area contributed by atoms with Crippen molar-refractivity contribution in [2.24, 2.45) is 0 Å². The first kappa shape index (κ1) is 23.2. The molecule has 0 saturated carbocycles. The van der Waals surface area contributed by atoms with Crippen molar-refractivity contribution >= 4 is 22.6 Å². The maximum atomic E-state index is 13.0. The number of anilines is 1. The molecule has 1 aromatic heterocycles. The number of carbonyl (C=O) groups is 1. The number of aryl methyl sites for hydroxylation is 4. The van der Waals surface area contributed by atoms with Gasteiger partial charge in [-0.1, -0.05) is 42.0 Å². The average Bonchev–Trinajstić information content (AvgIpc) is 3.40. The van der Waals surface area contributed by atoms with Crippen LogP contribution in [0.5, 0.6) is 5.75 Å². The maximum absolute atomic E-state index is 13.0. The zero-order chi connectivity index (χ0) is 24.4. The van der Waals surface area contributed by atoms with Gasteiger partial charge in [-0.2, -0.15) is 0 Å². The second-order valence-electron chi connectivity index (χ2n) is 9.68. The van der Waals surface area contributed by atoms with Gasteiger partial charge in [0.15, 0.2) is 0 Å². The van der Waals surface area contributed by atoms with E-state index in [9.17, 15) is 4.79 Å². The van der Waals surface area contributed by atoms with Crippen molar-refractivity contribution < 1.29 is 9.53 Å². The van der Waals surface area contributed by atoms with Gasteiger partial charge in [-0.25, -0.2) is 4.98 Å². The Balaban J connectivity index is 1.29. The lowest BCUT2D eigenvalue weighted by Gasteiger charge is -2.18. The van der Waals surface area contributed by atoms with Crippen LogP contribution in [0, 0.1) is 20.8 Å². The van der Waals surface area contributed by atoms with Gasteiger partial charge in [-0.15, -0.1) is 0 Å². The predicted octanol–water partition coefficient (Wildman–Crippen LogP) is 6.34. The third-order valence-corrected chi connectivity index (χ3v) is 6.85. The van der Waals surface area contributed by atoms with Crippen molar-refractivity contribution in [2.45, 2.75) is 52.5 Å². The molecule has 0 radical (unpaired) electrons. The van der Waals surface area contributed by atoms with Crippen LogP contribution in [0.15, 0.2) is 66.7 Å². The van der Waals surface area contributed by atoms with Crippen LogP contribution in [0.4, 0.5) is 5.69 Å². The summed E-state index contributed by atoms with van der Waals surface area (Å²) in [7, 11) is 0. The number of aromatic nitrogens is 2. The fourth-order valence-corrected chi connectivity index (χ4v) is 5.08. The van der Waals surface area contributed by atoms with Crippen LogP contribution in [0.1, 0.15) is 47.7 Å². The minimum absolute atomic E-state index is 0.0851. The molecule has 2 heterocycles. The molecule has 5 heteroatoms. The van der Waals surface area contributed by atoms with E-state index in [-0.39, 0.29) is 11.8 Å². The summed E-state index contributed by atoms with van der Waals surface area (Å²) in [5.74, 6) is 2.23. The van der Waals surface area contributed by atoms with Crippen LogP contribution in [-0.2, 0) is 11.3 Å². The van der Waals surface area contributed by atoms with Crippen molar-refractivity contribution in [1.82, 2.24) is 9.55 Å². The van der Waals surface area contributed by atoms with Crippen molar-refractivity contribution in [3.05, 3.63) is 89.2 Å². The Morgan fingerprint density at radius 3 is 2.60 bits per heavy atom. The van der Waals surface area contributed by atoms with Gasteiger partial charge in [0.05, 0.1) is 17.6 Å².